The van der Waals surface area contributed by atoms with Gasteiger partial charge in [0.25, 0.3) is 5.95 Å². The molecule has 0 aliphatic carbocycles. The standard InChI is InChI=1S/C11H11FN4O6/c12-7-9(20)14-8-3(13-7)1-16(11(21)15-8)10-6(19)5(18)4(2-17)22-10/h1,4-6,10,17-19H,2H2,(H,14,15,20,21)/t4-,5+,6?,10-/m1/s1. The lowest BCUT2D eigenvalue weighted by atomic mass is 10.1. The fourth-order valence-electron chi connectivity index (χ4n) is 2.24. The van der Waals surface area contributed by atoms with Crippen molar-refractivity contribution < 1.29 is 24.4 Å². The van der Waals surface area contributed by atoms with Gasteiger partial charge in [0.1, 0.15) is 23.8 Å². The quantitative estimate of drug-likeness (QED) is 0.465. The molecule has 1 unspecified atom stereocenters. The summed E-state index contributed by atoms with van der Waals surface area (Å²) in [6.45, 7) is -0.565. The SMILES string of the molecule is O=c1[nH]c2nc(=O)n([C@@H]3O[C@H](CO)[C@H](O)C3O)cc2nc1F. The van der Waals surface area contributed by atoms with Crippen molar-refractivity contribution >= 4 is 11.2 Å². The first-order valence-electron chi connectivity index (χ1n) is 6.23. The molecular weight excluding hydrogens is 303 g/mol. The minimum Gasteiger partial charge on any atom is -0.394 e. The second-order valence-corrected chi connectivity index (χ2v) is 4.75. The van der Waals surface area contributed by atoms with E-state index in [1.807, 2.05) is 4.98 Å². The average molecular weight is 314 g/mol. The van der Waals surface area contributed by atoms with Crippen LogP contribution in [0, 0.1) is 5.95 Å². The van der Waals surface area contributed by atoms with Crippen molar-refractivity contribution in [3.05, 3.63) is 33.0 Å². The highest BCUT2D eigenvalue weighted by Gasteiger charge is 2.43. The number of rotatable bonds is 2. The van der Waals surface area contributed by atoms with Crippen LogP contribution in [0.4, 0.5) is 4.39 Å². The molecular formula is C11H11FN4O6. The molecule has 2 aromatic rings. The average Bonchev–Trinajstić information content (AvgIpc) is 2.76. The summed E-state index contributed by atoms with van der Waals surface area (Å²) in [6.07, 6.45) is -4.28. The highest BCUT2D eigenvalue weighted by molar-refractivity contribution is 5.67. The molecule has 3 rings (SSSR count). The Bertz CT molecular complexity index is 835. The van der Waals surface area contributed by atoms with Crippen LogP contribution in [0.5, 0.6) is 0 Å². The topological polar surface area (TPSA) is 151 Å². The van der Waals surface area contributed by atoms with Gasteiger partial charge in [-0.05, 0) is 0 Å². The summed E-state index contributed by atoms with van der Waals surface area (Å²) < 4.78 is 19.2. The Morgan fingerprint density at radius 3 is 2.68 bits per heavy atom. The summed E-state index contributed by atoms with van der Waals surface area (Å²) in [6, 6.07) is 0. The summed E-state index contributed by atoms with van der Waals surface area (Å²) in [5, 5.41) is 28.6. The zero-order valence-corrected chi connectivity index (χ0v) is 10.9. The number of nitrogens with zero attached hydrogens (tertiary/aromatic N) is 3. The van der Waals surface area contributed by atoms with Crippen molar-refractivity contribution in [3.8, 4) is 0 Å². The van der Waals surface area contributed by atoms with Crippen LogP contribution in [-0.2, 0) is 4.74 Å². The summed E-state index contributed by atoms with van der Waals surface area (Å²) in [5.41, 5.74) is -2.40. The van der Waals surface area contributed by atoms with Crippen molar-refractivity contribution in [2.75, 3.05) is 6.61 Å². The Kier molecular flexibility index (Phi) is 3.48. The molecule has 118 valence electrons. The van der Waals surface area contributed by atoms with E-state index >= 15 is 0 Å². The third-order valence-corrected chi connectivity index (χ3v) is 3.36. The van der Waals surface area contributed by atoms with Crippen LogP contribution in [0.15, 0.2) is 15.8 Å². The molecule has 1 fully saturated rings. The minimum atomic E-state index is -1.50. The molecule has 1 saturated heterocycles. The molecule has 1 aliphatic heterocycles. The van der Waals surface area contributed by atoms with Gasteiger partial charge in [-0.1, -0.05) is 0 Å². The zero-order chi connectivity index (χ0) is 16.0. The number of halogens is 1. The lowest BCUT2D eigenvalue weighted by Crippen LogP contribution is -2.36. The number of ether oxygens (including phenoxy) is 1. The van der Waals surface area contributed by atoms with Gasteiger partial charge in [0.05, 0.1) is 6.61 Å². The van der Waals surface area contributed by atoms with Crippen LogP contribution in [0.2, 0.25) is 0 Å². The minimum absolute atomic E-state index is 0.144. The molecule has 0 spiro atoms. The van der Waals surface area contributed by atoms with Crippen LogP contribution >= 0.6 is 0 Å². The van der Waals surface area contributed by atoms with Crippen molar-refractivity contribution in [3.63, 3.8) is 0 Å². The number of H-pyrrole nitrogens is 1. The van der Waals surface area contributed by atoms with E-state index in [1.54, 1.807) is 0 Å². The van der Waals surface area contributed by atoms with E-state index in [0.29, 0.717) is 0 Å². The van der Waals surface area contributed by atoms with Crippen LogP contribution in [-0.4, -0.2) is 59.8 Å². The Balaban J connectivity index is 2.12. The highest BCUT2D eigenvalue weighted by atomic mass is 19.1. The number of hydrogen-bond donors (Lipinski definition) is 4. The van der Waals surface area contributed by atoms with E-state index in [1.165, 1.54) is 0 Å². The number of aliphatic hydroxyl groups is 3. The Hall–Kier alpha value is -2.21. The highest BCUT2D eigenvalue weighted by Crippen LogP contribution is 2.28. The molecule has 10 nitrogen and oxygen atoms in total. The Morgan fingerprint density at radius 2 is 2.05 bits per heavy atom. The van der Waals surface area contributed by atoms with Crippen LogP contribution < -0.4 is 11.2 Å². The van der Waals surface area contributed by atoms with Gasteiger partial charge in [0, 0.05) is 6.20 Å². The molecule has 3 heterocycles. The second kappa shape index (κ2) is 5.21. The largest absolute Gasteiger partial charge is 0.394 e. The third-order valence-electron chi connectivity index (χ3n) is 3.36. The molecule has 2 aromatic heterocycles. The lowest BCUT2D eigenvalue weighted by molar-refractivity contribution is -0.0547. The molecule has 1 aliphatic rings. The van der Waals surface area contributed by atoms with E-state index in [0.717, 1.165) is 10.8 Å². The molecule has 11 heteroatoms. The molecule has 22 heavy (non-hydrogen) atoms. The van der Waals surface area contributed by atoms with E-state index < -0.39 is 48.3 Å². The van der Waals surface area contributed by atoms with Gasteiger partial charge in [0.15, 0.2) is 11.9 Å². The molecule has 0 bridgehead atoms. The van der Waals surface area contributed by atoms with E-state index in [-0.39, 0.29) is 11.2 Å². The summed E-state index contributed by atoms with van der Waals surface area (Å²) in [4.78, 5) is 31.9. The van der Waals surface area contributed by atoms with Crippen LogP contribution in [0.25, 0.3) is 11.2 Å². The molecule has 4 N–H and O–H groups in total. The first-order valence-corrected chi connectivity index (χ1v) is 6.23. The van der Waals surface area contributed by atoms with Gasteiger partial charge in [-0.25, -0.2) is 9.78 Å². The molecule has 0 amide bonds. The molecule has 4 atom stereocenters. The predicted octanol–water partition coefficient (Wildman–Crippen LogP) is -2.77. The Labute approximate surface area is 120 Å². The monoisotopic (exact) mass is 314 g/mol. The van der Waals surface area contributed by atoms with Crippen LogP contribution in [0.3, 0.4) is 0 Å². The van der Waals surface area contributed by atoms with Gasteiger partial charge in [-0.2, -0.15) is 9.37 Å². The van der Waals surface area contributed by atoms with Gasteiger partial charge in [-0.15, -0.1) is 0 Å². The number of aromatic amines is 1. The number of fused-ring (bicyclic) bond motifs is 1. The number of aliphatic hydroxyl groups excluding tert-OH is 3. The Morgan fingerprint density at radius 1 is 1.32 bits per heavy atom. The first kappa shape index (κ1) is 14.7. The summed E-state index contributed by atoms with van der Waals surface area (Å²) in [5.74, 6) is -1.30. The van der Waals surface area contributed by atoms with Gasteiger partial charge < -0.3 is 25.0 Å². The fraction of sp³-hybridized carbons (Fsp3) is 0.455. The maximum Gasteiger partial charge on any atom is 0.351 e. The van der Waals surface area contributed by atoms with E-state index in [2.05, 4.69) is 9.97 Å². The maximum absolute atomic E-state index is 13.2. The first-order chi connectivity index (χ1) is 10.4. The number of aromatic nitrogens is 4. The maximum atomic E-state index is 13.2. The van der Waals surface area contributed by atoms with Crippen molar-refractivity contribution in [2.24, 2.45) is 0 Å². The van der Waals surface area contributed by atoms with Crippen molar-refractivity contribution in [1.29, 1.82) is 0 Å². The smallest absolute Gasteiger partial charge is 0.351 e. The summed E-state index contributed by atoms with van der Waals surface area (Å²) >= 11 is 0. The number of hydrogen-bond acceptors (Lipinski definition) is 8. The molecule has 0 radical (unpaired) electrons. The second-order valence-electron chi connectivity index (χ2n) is 4.75. The predicted molar refractivity (Wildman–Crippen MR) is 67.4 cm³/mol. The summed E-state index contributed by atoms with van der Waals surface area (Å²) in [7, 11) is 0. The fourth-order valence-corrected chi connectivity index (χ4v) is 2.24. The van der Waals surface area contributed by atoms with Crippen molar-refractivity contribution in [1.82, 2.24) is 19.5 Å². The normalized spacial score (nSPS) is 28.4. The van der Waals surface area contributed by atoms with Crippen molar-refractivity contribution in [2.45, 2.75) is 24.5 Å². The van der Waals surface area contributed by atoms with Gasteiger partial charge in [0.2, 0.25) is 0 Å². The third kappa shape index (κ3) is 2.20. The zero-order valence-electron chi connectivity index (χ0n) is 10.9. The molecule has 0 saturated carbocycles. The number of nitrogens with one attached hydrogen (secondary N) is 1. The van der Waals surface area contributed by atoms with E-state index in [4.69, 9.17) is 9.84 Å². The van der Waals surface area contributed by atoms with Gasteiger partial charge >= 0.3 is 11.2 Å². The molecule has 0 aromatic carbocycles. The lowest BCUT2D eigenvalue weighted by Gasteiger charge is -2.17. The van der Waals surface area contributed by atoms with Crippen LogP contribution in [0.1, 0.15) is 6.23 Å². The van der Waals surface area contributed by atoms with Gasteiger partial charge in [-0.3, -0.25) is 9.36 Å². The van der Waals surface area contributed by atoms with E-state index in [9.17, 15) is 24.2 Å².